The van der Waals surface area contributed by atoms with Crippen LogP contribution in [0.4, 0.5) is 0 Å². The van der Waals surface area contributed by atoms with Gasteiger partial charge in [0.1, 0.15) is 17.9 Å². The summed E-state index contributed by atoms with van der Waals surface area (Å²) >= 11 is 0. The Bertz CT molecular complexity index is 1650. The molecule has 0 bridgehead atoms. The molecule has 3 amide bonds. The summed E-state index contributed by atoms with van der Waals surface area (Å²) in [5.41, 5.74) is 5.16. The van der Waals surface area contributed by atoms with Gasteiger partial charge in [0.25, 0.3) is 5.91 Å². The number of ether oxygens (including phenoxy) is 2. The van der Waals surface area contributed by atoms with Crippen LogP contribution in [-0.2, 0) is 27.4 Å². The number of benzene rings is 2. The summed E-state index contributed by atoms with van der Waals surface area (Å²) in [4.78, 5) is 40.7. The van der Waals surface area contributed by atoms with Crippen LogP contribution in [0.3, 0.4) is 0 Å². The topological polar surface area (TPSA) is 130 Å². The van der Waals surface area contributed by atoms with Gasteiger partial charge in [-0.3, -0.25) is 24.6 Å². The molecule has 0 aliphatic carbocycles. The molecule has 2 atom stereocenters. The zero-order valence-electron chi connectivity index (χ0n) is 24.4. The van der Waals surface area contributed by atoms with Crippen LogP contribution in [0, 0.1) is 11.3 Å². The monoisotopic (exact) mass is 594 g/mol. The molecule has 11 heteroatoms. The molecule has 2 aromatic carbocycles. The summed E-state index contributed by atoms with van der Waals surface area (Å²) in [6.07, 6.45) is 7.24. The van der Waals surface area contributed by atoms with Gasteiger partial charge in [0.05, 0.1) is 23.5 Å². The van der Waals surface area contributed by atoms with Crippen molar-refractivity contribution in [2.24, 2.45) is 0 Å². The molecule has 1 N–H and O–H groups in total. The van der Waals surface area contributed by atoms with Crippen molar-refractivity contribution in [3.8, 4) is 17.5 Å². The van der Waals surface area contributed by atoms with Crippen LogP contribution < -0.4 is 10.1 Å². The number of carbonyl (C=O) groups excluding carboxylic acids is 3. The Labute approximate surface area is 255 Å². The third-order valence-electron chi connectivity index (χ3n) is 9.15. The minimum absolute atomic E-state index is 0.0161. The first-order valence-electron chi connectivity index (χ1n) is 15.3. The lowest BCUT2D eigenvalue weighted by Crippen LogP contribution is -2.52. The van der Waals surface area contributed by atoms with Crippen molar-refractivity contribution in [2.75, 3.05) is 26.3 Å². The number of amides is 3. The number of likely N-dealkylation sites (tertiary alicyclic amines) is 1. The zero-order valence-corrected chi connectivity index (χ0v) is 24.4. The number of nitriles is 1. The van der Waals surface area contributed by atoms with Crippen LogP contribution in [0.25, 0.3) is 5.69 Å². The zero-order chi connectivity index (χ0) is 30.2. The first kappa shape index (κ1) is 28.3. The van der Waals surface area contributed by atoms with Crippen molar-refractivity contribution in [3.63, 3.8) is 0 Å². The van der Waals surface area contributed by atoms with E-state index in [0.29, 0.717) is 35.8 Å². The Hall–Kier alpha value is -4.53. The van der Waals surface area contributed by atoms with Crippen molar-refractivity contribution in [1.29, 1.82) is 5.26 Å². The summed E-state index contributed by atoms with van der Waals surface area (Å²) < 4.78 is 13.6. The van der Waals surface area contributed by atoms with Gasteiger partial charge >= 0.3 is 0 Å². The van der Waals surface area contributed by atoms with Gasteiger partial charge in [0.2, 0.25) is 11.8 Å². The van der Waals surface area contributed by atoms with Crippen LogP contribution in [0.15, 0.2) is 48.8 Å². The van der Waals surface area contributed by atoms with Crippen LogP contribution in [0.5, 0.6) is 5.75 Å². The molecular formula is C33H34N6O5. The number of carbonyl (C=O) groups is 3. The minimum atomic E-state index is -0.630. The van der Waals surface area contributed by atoms with Gasteiger partial charge in [-0.15, -0.1) is 0 Å². The average molecular weight is 595 g/mol. The van der Waals surface area contributed by atoms with Crippen molar-refractivity contribution >= 4 is 17.7 Å². The Morgan fingerprint density at radius 1 is 1.07 bits per heavy atom. The van der Waals surface area contributed by atoms with Gasteiger partial charge in [-0.25, -0.2) is 4.68 Å². The molecule has 0 saturated carbocycles. The third-order valence-corrected chi connectivity index (χ3v) is 9.15. The largest absolute Gasteiger partial charge is 0.489 e. The smallest absolute Gasteiger partial charge is 0.255 e. The lowest BCUT2D eigenvalue weighted by molar-refractivity contribution is -0.136. The third kappa shape index (κ3) is 5.58. The standard InChI is InChI=1S/C33H34N6O5/c34-15-23-13-25(1-3-28(23)22-8-11-43-12-9-22)39-18-21(16-35-39)17-37-10-7-27(20-37)44-26-2-4-29-24(14-26)19-38(33(29)42)30-5-6-31(40)36-32(30)41/h1-4,13-14,16,18,22,27,30H,5-12,17,19-20H2,(H,36,40,41)/t27-,30?/m0/s1. The molecule has 44 heavy (non-hydrogen) atoms. The highest BCUT2D eigenvalue weighted by atomic mass is 16.5. The molecule has 226 valence electrons. The van der Waals surface area contributed by atoms with E-state index in [1.54, 1.807) is 11.0 Å². The summed E-state index contributed by atoms with van der Waals surface area (Å²) in [6, 6.07) is 13.3. The molecule has 3 saturated heterocycles. The van der Waals surface area contributed by atoms with E-state index >= 15 is 0 Å². The summed E-state index contributed by atoms with van der Waals surface area (Å²) in [7, 11) is 0. The molecule has 0 radical (unpaired) electrons. The van der Waals surface area contributed by atoms with Gasteiger partial charge in [-0.2, -0.15) is 10.4 Å². The van der Waals surface area contributed by atoms with Gasteiger partial charge in [0.15, 0.2) is 0 Å². The van der Waals surface area contributed by atoms with Crippen LogP contribution >= 0.6 is 0 Å². The summed E-state index contributed by atoms with van der Waals surface area (Å²) in [6.45, 7) is 4.20. The Balaban J connectivity index is 0.952. The maximum atomic E-state index is 13.0. The second-order valence-electron chi connectivity index (χ2n) is 12.0. The minimum Gasteiger partial charge on any atom is -0.489 e. The number of rotatable bonds is 7. The molecule has 3 fully saturated rings. The van der Waals surface area contributed by atoms with E-state index in [9.17, 15) is 19.6 Å². The molecule has 4 aliphatic heterocycles. The molecule has 1 unspecified atom stereocenters. The second-order valence-corrected chi connectivity index (χ2v) is 12.0. The molecule has 7 rings (SSSR count). The molecule has 4 aliphatic rings. The van der Waals surface area contributed by atoms with Crippen LogP contribution in [0.1, 0.15) is 70.6 Å². The highest BCUT2D eigenvalue weighted by Crippen LogP contribution is 2.32. The number of nitrogens with one attached hydrogen (secondary N) is 1. The first-order valence-corrected chi connectivity index (χ1v) is 15.3. The number of hydrogen-bond donors (Lipinski definition) is 1. The Kier molecular flexibility index (Phi) is 7.62. The maximum absolute atomic E-state index is 13.0. The molecule has 1 aromatic heterocycles. The van der Waals surface area contributed by atoms with Crippen LogP contribution in [-0.4, -0.2) is 75.8 Å². The van der Waals surface area contributed by atoms with Crippen LogP contribution in [0.2, 0.25) is 0 Å². The van der Waals surface area contributed by atoms with Crippen molar-refractivity contribution in [2.45, 2.75) is 63.3 Å². The number of aromatic nitrogens is 2. The fourth-order valence-electron chi connectivity index (χ4n) is 6.84. The fourth-order valence-corrected chi connectivity index (χ4v) is 6.84. The van der Waals surface area contributed by atoms with Crippen molar-refractivity contribution in [1.82, 2.24) is 24.9 Å². The van der Waals surface area contributed by atoms with E-state index in [1.165, 1.54) is 0 Å². The number of fused-ring (bicyclic) bond motifs is 1. The SMILES string of the molecule is N#Cc1cc(-n2cc(CN3CC[C@H](Oc4ccc5c(c4)CN(C4CCC(=O)NC4=O)C5=O)C3)cn2)ccc1C1CCOCC1. The highest BCUT2D eigenvalue weighted by Gasteiger charge is 2.39. The molecular weight excluding hydrogens is 560 g/mol. The normalized spacial score (nSPS) is 22.6. The van der Waals surface area contributed by atoms with Gasteiger partial charge in [-0.05, 0) is 73.1 Å². The Morgan fingerprint density at radius 2 is 1.93 bits per heavy atom. The highest BCUT2D eigenvalue weighted by molar-refractivity contribution is 6.05. The number of nitrogens with zero attached hydrogens (tertiary/aromatic N) is 5. The second kappa shape index (κ2) is 11.9. The lowest BCUT2D eigenvalue weighted by Gasteiger charge is -2.29. The first-order chi connectivity index (χ1) is 21.4. The number of piperidine rings is 1. The summed E-state index contributed by atoms with van der Waals surface area (Å²) in [5, 5.41) is 16.7. The predicted molar refractivity (Wildman–Crippen MR) is 158 cm³/mol. The Morgan fingerprint density at radius 3 is 2.75 bits per heavy atom. The molecule has 0 spiro atoms. The number of imide groups is 1. The van der Waals surface area contributed by atoms with Gasteiger partial charge in [0, 0.05) is 63.1 Å². The quantitative estimate of drug-likeness (QED) is 0.414. The molecule has 11 nitrogen and oxygen atoms in total. The van der Waals surface area contributed by atoms with E-state index in [1.807, 2.05) is 41.3 Å². The van der Waals surface area contributed by atoms with Gasteiger partial charge < -0.3 is 14.4 Å². The summed E-state index contributed by atoms with van der Waals surface area (Å²) in [5.74, 6) is 0.172. The molecule has 3 aromatic rings. The van der Waals surface area contributed by atoms with E-state index < -0.39 is 11.9 Å². The van der Waals surface area contributed by atoms with Gasteiger partial charge in [-0.1, -0.05) is 6.07 Å². The van der Waals surface area contributed by atoms with E-state index in [-0.39, 0.29) is 24.3 Å². The van der Waals surface area contributed by atoms with Crippen molar-refractivity contribution in [3.05, 3.63) is 76.6 Å². The van der Waals surface area contributed by atoms with E-state index in [4.69, 9.17) is 9.47 Å². The van der Waals surface area contributed by atoms with E-state index in [0.717, 1.165) is 74.5 Å². The lowest BCUT2D eigenvalue weighted by atomic mass is 9.88. The predicted octanol–water partition coefficient (Wildman–Crippen LogP) is 3.05. The fraction of sp³-hybridized carbons (Fsp3) is 0.424. The molecule has 5 heterocycles. The van der Waals surface area contributed by atoms with Crippen molar-refractivity contribution < 1.29 is 23.9 Å². The number of hydrogen-bond acceptors (Lipinski definition) is 8. The average Bonchev–Trinajstić information content (AvgIpc) is 3.77. The van der Waals surface area contributed by atoms with E-state index in [2.05, 4.69) is 27.5 Å². The maximum Gasteiger partial charge on any atom is 0.255 e.